The van der Waals surface area contributed by atoms with Gasteiger partial charge in [-0.3, -0.25) is 9.78 Å². The van der Waals surface area contributed by atoms with Crippen molar-refractivity contribution < 1.29 is 19.1 Å². The number of carbonyl (C=O) groups excluding carboxylic acids is 1. The monoisotopic (exact) mass is 443 g/mol. The van der Waals surface area contributed by atoms with E-state index in [4.69, 9.17) is 9.15 Å². The van der Waals surface area contributed by atoms with E-state index in [0.29, 0.717) is 46.0 Å². The van der Waals surface area contributed by atoms with Crippen LogP contribution in [0.3, 0.4) is 0 Å². The molecule has 4 aromatic rings. The van der Waals surface area contributed by atoms with E-state index in [2.05, 4.69) is 15.3 Å². The topological polar surface area (TPSA) is 97.0 Å². The highest BCUT2D eigenvalue weighted by atomic mass is 16.5. The zero-order chi connectivity index (χ0) is 23.4. The number of aliphatic hydroxyl groups is 1. The summed E-state index contributed by atoms with van der Waals surface area (Å²) in [6.07, 6.45) is 1.58. The molecular weight excluding hydrogens is 418 g/mol. The second kappa shape index (κ2) is 9.67. The standard InChI is InChI=1S/C26H25N3O4/c1-4-32-23-8-6-5-7-22(23)29-25(31)21-13-20-18(15-30)14-27-17(3)24(20)33-26(21)28-19-11-9-16(2)10-12-19/h5-14,30H,4,15H2,1-3H3,(H,29,31). The zero-order valence-corrected chi connectivity index (χ0v) is 18.8. The Bertz CT molecular complexity index is 1370. The number of aliphatic hydroxyl groups excluding tert-OH is 1. The van der Waals surface area contributed by atoms with E-state index in [1.165, 1.54) is 0 Å². The van der Waals surface area contributed by atoms with E-state index < -0.39 is 5.91 Å². The summed E-state index contributed by atoms with van der Waals surface area (Å²) in [5, 5.41) is 13.3. The van der Waals surface area contributed by atoms with Gasteiger partial charge >= 0.3 is 0 Å². The molecule has 0 aliphatic heterocycles. The van der Waals surface area contributed by atoms with Crippen molar-refractivity contribution in [3.63, 3.8) is 0 Å². The highest BCUT2D eigenvalue weighted by Gasteiger charge is 2.17. The van der Waals surface area contributed by atoms with Crippen LogP contribution in [-0.2, 0) is 6.61 Å². The predicted octanol–water partition coefficient (Wildman–Crippen LogP) is 4.82. The van der Waals surface area contributed by atoms with Gasteiger partial charge in [0.1, 0.15) is 11.3 Å². The number of ether oxygens (including phenoxy) is 1. The molecule has 0 saturated carbocycles. The molecular formula is C26H25N3O4. The summed E-state index contributed by atoms with van der Waals surface area (Å²) in [6, 6.07) is 16.5. The Hall–Kier alpha value is -3.97. The van der Waals surface area contributed by atoms with Crippen LogP contribution in [0.5, 0.6) is 5.75 Å². The van der Waals surface area contributed by atoms with E-state index in [-0.39, 0.29) is 17.7 Å². The van der Waals surface area contributed by atoms with Crippen molar-refractivity contribution in [2.45, 2.75) is 27.4 Å². The molecule has 0 atom stereocenters. The normalized spacial score (nSPS) is 11.6. The fraction of sp³-hybridized carbons (Fsp3) is 0.192. The minimum absolute atomic E-state index is 0.151. The molecule has 2 aromatic carbocycles. The van der Waals surface area contributed by atoms with Crippen molar-refractivity contribution in [3.8, 4) is 5.75 Å². The Morgan fingerprint density at radius 3 is 2.64 bits per heavy atom. The summed E-state index contributed by atoms with van der Waals surface area (Å²) in [5.41, 5.74) is 4.34. The third-order valence-corrected chi connectivity index (χ3v) is 5.17. The number of rotatable bonds is 6. The van der Waals surface area contributed by atoms with Gasteiger partial charge in [-0.05, 0) is 51.1 Å². The first-order chi connectivity index (χ1) is 16.0. The van der Waals surface area contributed by atoms with E-state index >= 15 is 0 Å². The molecule has 0 fully saturated rings. The highest BCUT2D eigenvalue weighted by molar-refractivity contribution is 6.06. The van der Waals surface area contributed by atoms with Crippen LogP contribution in [0.1, 0.15) is 34.1 Å². The maximum absolute atomic E-state index is 13.4. The minimum Gasteiger partial charge on any atom is -0.492 e. The molecule has 4 rings (SSSR count). The maximum Gasteiger partial charge on any atom is 0.261 e. The van der Waals surface area contributed by atoms with Gasteiger partial charge in [0.05, 0.1) is 30.3 Å². The van der Waals surface area contributed by atoms with Gasteiger partial charge in [0.15, 0.2) is 5.58 Å². The van der Waals surface area contributed by atoms with Gasteiger partial charge in [-0.2, -0.15) is 0 Å². The number of fused-ring (bicyclic) bond motifs is 1. The molecule has 2 aromatic heterocycles. The van der Waals surface area contributed by atoms with Gasteiger partial charge in [-0.1, -0.05) is 29.8 Å². The molecule has 0 radical (unpaired) electrons. The van der Waals surface area contributed by atoms with Crippen LogP contribution in [0.2, 0.25) is 0 Å². The summed E-state index contributed by atoms with van der Waals surface area (Å²) < 4.78 is 11.7. The van der Waals surface area contributed by atoms with Crippen molar-refractivity contribution in [2.75, 3.05) is 11.9 Å². The van der Waals surface area contributed by atoms with Crippen molar-refractivity contribution in [1.29, 1.82) is 0 Å². The molecule has 0 bridgehead atoms. The average Bonchev–Trinajstić information content (AvgIpc) is 2.82. The Labute approximate surface area is 191 Å². The van der Waals surface area contributed by atoms with Gasteiger partial charge in [-0.25, -0.2) is 4.99 Å². The third-order valence-electron chi connectivity index (χ3n) is 5.17. The SMILES string of the molecule is CCOc1ccccc1NC(=O)c1cc2c(CO)cnc(C)c2oc1=Nc1ccc(C)cc1. The number of amides is 1. The average molecular weight is 444 g/mol. The smallest absolute Gasteiger partial charge is 0.261 e. The fourth-order valence-corrected chi connectivity index (χ4v) is 3.44. The Morgan fingerprint density at radius 1 is 1.15 bits per heavy atom. The molecule has 2 N–H and O–H groups in total. The zero-order valence-electron chi connectivity index (χ0n) is 18.8. The van der Waals surface area contributed by atoms with Gasteiger partial charge in [-0.15, -0.1) is 0 Å². The summed E-state index contributed by atoms with van der Waals surface area (Å²) >= 11 is 0. The molecule has 7 nitrogen and oxygen atoms in total. The second-order valence-electron chi connectivity index (χ2n) is 7.57. The van der Waals surface area contributed by atoms with Crippen molar-refractivity contribution in [2.24, 2.45) is 4.99 Å². The number of anilines is 1. The number of nitrogens with one attached hydrogen (secondary N) is 1. The number of aromatic nitrogens is 1. The lowest BCUT2D eigenvalue weighted by Gasteiger charge is -2.12. The summed E-state index contributed by atoms with van der Waals surface area (Å²) in [7, 11) is 0. The Balaban J connectivity index is 1.89. The van der Waals surface area contributed by atoms with Crippen LogP contribution in [0.4, 0.5) is 11.4 Å². The maximum atomic E-state index is 13.4. The number of hydrogen-bond donors (Lipinski definition) is 2. The molecule has 0 spiro atoms. The van der Waals surface area contributed by atoms with Gasteiger partial charge < -0.3 is 19.6 Å². The molecule has 2 heterocycles. The Morgan fingerprint density at radius 2 is 1.91 bits per heavy atom. The molecule has 0 unspecified atom stereocenters. The largest absolute Gasteiger partial charge is 0.492 e. The summed E-state index contributed by atoms with van der Waals surface area (Å²) in [4.78, 5) is 22.3. The lowest BCUT2D eigenvalue weighted by Crippen LogP contribution is -2.22. The number of para-hydroxylation sites is 2. The van der Waals surface area contributed by atoms with Crippen LogP contribution < -0.4 is 15.6 Å². The Kier molecular flexibility index (Phi) is 6.51. The highest BCUT2D eigenvalue weighted by Crippen LogP contribution is 2.26. The summed E-state index contributed by atoms with van der Waals surface area (Å²) in [6.45, 7) is 5.91. The molecule has 0 aliphatic carbocycles. The van der Waals surface area contributed by atoms with Crippen molar-refractivity contribution >= 4 is 28.3 Å². The van der Waals surface area contributed by atoms with Crippen LogP contribution in [0, 0.1) is 13.8 Å². The second-order valence-corrected chi connectivity index (χ2v) is 7.57. The lowest BCUT2D eigenvalue weighted by molar-refractivity contribution is 0.102. The van der Waals surface area contributed by atoms with Crippen LogP contribution >= 0.6 is 0 Å². The van der Waals surface area contributed by atoms with Crippen LogP contribution in [0.25, 0.3) is 11.0 Å². The number of hydrogen-bond acceptors (Lipinski definition) is 6. The lowest BCUT2D eigenvalue weighted by atomic mass is 10.1. The quantitative estimate of drug-likeness (QED) is 0.445. The molecule has 0 saturated heterocycles. The summed E-state index contributed by atoms with van der Waals surface area (Å²) in [5.74, 6) is 0.163. The molecule has 33 heavy (non-hydrogen) atoms. The fourth-order valence-electron chi connectivity index (χ4n) is 3.44. The van der Waals surface area contributed by atoms with Crippen molar-refractivity contribution in [3.05, 3.63) is 88.7 Å². The van der Waals surface area contributed by atoms with Gasteiger partial charge in [0.2, 0.25) is 5.55 Å². The molecule has 7 heteroatoms. The molecule has 1 amide bonds. The first-order valence-corrected chi connectivity index (χ1v) is 10.7. The third kappa shape index (κ3) is 4.78. The van der Waals surface area contributed by atoms with Gasteiger partial charge in [0, 0.05) is 17.1 Å². The molecule has 168 valence electrons. The first-order valence-electron chi connectivity index (χ1n) is 10.7. The van der Waals surface area contributed by atoms with E-state index in [1.807, 2.05) is 50.2 Å². The van der Waals surface area contributed by atoms with E-state index in [9.17, 15) is 9.90 Å². The van der Waals surface area contributed by atoms with Crippen LogP contribution in [-0.4, -0.2) is 22.6 Å². The predicted molar refractivity (Wildman–Crippen MR) is 127 cm³/mol. The van der Waals surface area contributed by atoms with Crippen molar-refractivity contribution in [1.82, 2.24) is 4.98 Å². The first kappa shape index (κ1) is 22.2. The van der Waals surface area contributed by atoms with Gasteiger partial charge in [0.25, 0.3) is 5.91 Å². The number of nitrogens with zero attached hydrogens (tertiary/aromatic N) is 2. The number of aryl methyl sites for hydroxylation is 2. The van der Waals surface area contributed by atoms with Crippen LogP contribution in [0.15, 0.2) is 70.2 Å². The molecule has 0 aliphatic rings. The number of carbonyl (C=O) groups is 1. The van der Waals surface area contributed by atoms with E-state index in [1.54, 1.807) is 31.3 Å². The minimum atomic E-state index is -0.406. The number of pyridine rings is 1. The van der Waals surface area contributed by atoms with E-state index in [0.717, 1.165) is 5.56 Å². The number of benzene rings is 2.